The summed E-state index contributed by atoms with van der Waals surface area (Å²) in [6, 6.07) is 5.57. The molecule has 3 heterocycles. The van der Waals surface area contributed by atoms with Gasteiger partial charge in [0.2, 0.25) is 0 Å². The van der Waals surface area contributed by atoms with Gasteiger partial charge in [0.05, 0.1) is 18.5 Å². The monoisotopic (exact) mass is 301 g/mol. The summed E-state index contributed by atoms with van der Waals surface area (Å²) in [7, 11) is 0. The summed E-state index contributed by atoms with van der Waals surface area (Å²) in [4.78, 5) is 18.0. The molecule has 108 valence electrons. The van der Waals surface area contributed by atoms with E-state index < -0.39 is 0 Å². The maximum absolute atomic E-state index is 12.3. The Morgan fingerprint density at radius 1 is 1.48 bits per heavy atom. The number of anilines is 1. The van der Waals surface area contributed by atoms with Crippen LogP contribution in [0.15, 0.2) is 28.9 Å². The van der Waals surface area contributed by atoms with Gasteiger partial charge >= 0.3 is 0 Å². The number of nitrogen functional groups attached to an aromatic ring is 1. The Balaban J connectivity index is 1.89. The molecule has 3 aromatic rings. The van der Waals surface area contributed by atoms with Gasteiger partial charge in [-0.3, -0.25) is 4.79 Å². The highest BCUT2D eigenvalue weighted by Crippen LogP contribution is 2.33. The molecule has 0 atom stereocenters. The maximum atomic E-state index is 12.3. The van der Waals surface area contributed by atoms with Gasteiger partial charge in [-0.15, -0.1) is 11.3 Å². The number of carbonyl (C=O) groups is 1. The molecule has 0 aliphatic heterocycles. The van der Waals surface area contributed by atoms with E-state index in [2.05, 4.69) is 10.3 Å². The molecule has 6 heteroatoms. The van der Waals surface area contributed by atoms with E-state index in [1.807, 2.05) is 26.0 Å². The zero-order valence-electron chi connectivity index (χ0n) is 11.8. The molecule has 1 amide bonds. The average Bonchev–Trinajstić information content (AvgIpc) is 3.07. The Bertz CT molecular complexity index is 806. The molecule has 5 nitrogen and oxygen atoms in total. The van der Waals surface area contributed by atoms with Crippen LogP contribution in [-0.4, -0.2) is 10.9 Å². The highest BCUT2D eigenvalue weighted by molar-refractivity contribution is 7.21. The number of nitrogens with one attached hydrogen (secondary N) is 1. The first kappa shape index (κ1) is 13.6. The second-order valence-electron chi connectivity index (χ2n) is 4.85. The molecule has 0 unspecified atom stereocenters. The van der Waals surface area contributed by atoms with Crippen molar-refractivity contribution >= 4 is 33.1 Å². The number of aromatic nitrogens is 1. The highest BCUT2D eigenvalue weighted by atomic mass is 32.1. The van der Waals surface area contributed by atoms with Crippen molar-refractivity contribution in [2.75, 3.05) is 5.73 Å². The van der Waals surface area contributed by atoms with Crippen LogP contribution < -0.4 is 11.1 Å². The average molecular weight is 301 g/mol. The Labute approximate surface area is 125 Å². The normalized spacial score (nSPS) is 11.0. The van der Waals surface area contributed by atoms with Crippen LogP contribution in [0.25, 0.3) is 10.2 Å². The number of amides is 1. The van der Waals surface area contributed by atoms with Gasteiger partial charge in [0.1, 0.15) is 15.5 Å². The molecule has 0 aliphatic carbocycles. The van der Waals surface area contributed by atoms with E-state index in [1.165, 1.54) is 11.3 Å². The van der Waals surface area contributed by atoms with Gasteiger partial charge in [0, 0.05) is 11.1 Å². The van der Waals surface area contributed by atoms with Crippen molar-refractivity contribution in [2.24, 2.45) is 0 Å². The van der Waals surface area contributed by atoms with E-state index >= 15 is 0 Å². The van der Waals surface area contributed by atoms with E-state index in [1.54, 1.807) is 12.3 Å². The number of hydrogen-bond donors (Lipinski definition) is 2. The van der Waals surface area contributed by atoms with Gasteiger partial charge in [-0.2, -0.15) is 0 Å². The van der Waals surface area contributed by atoms with Crippen molar-refractivity contribution in [2.45, 2.75) is 20.4 Å². The Morgan fingerprint density at radius 2 is 2.29 bits per heavy atom. The van der Waals surface area contributed by atoms with Gasteiger partial charge in [0.25, 0.3) is 5.91 Å². The van der Waals surface area contributed by atoms with Crippen molar-refractivity contribution in [1.82, 2.24) is 10.3 Å². The predicted molar refractivity (Wildman–Crippen MR) is 83.4 cm³/mol. The fourth-order valence-electron chi connectivity index (χ4n) is 2.06. The Hall–Kier alpha value is -2.34. The molecule has 0 spiro atoms. The summed E-state index contributed by atoms with van der Waals surface area (Å²) in [5.74, 6) is 0.495. The third kappa shape index (κ3) is 2.50. The third-order valence-corrected chi connectivity index (χ3v) is 4.49. The van der Waals surface area contributed by atoms with Gasteiger partial charge < -0.3 is 15.5 Å². The largest absolute Gasteiger partial charge is 0.467 e. The zero-order chi connectivity index (χ0) is 15.0. The number of furan rings is 1. The number of hydrogen-bond acceptors (Lipinski definition) is 5. The lowest BCUT2D eigenvalue weighted by atomic mass is 10.1. The van der Waals surface area contributed by atoms with Crippen LogP contribution >= 0.6 is 11.3 Å². The number of fused-ring (bicyclic) bond motifs is 1. The first-order chi connectivity index (χ1) is 10.1. The molecule has 3 aromatic heterocycles. The lowest BCUT2D eigenvalue weighted by Gasteiger charge is -2.02. The second-order valence-corrected chi connectivity index (χ2v) is 5.85. The van der Waals surface area contributed by atoms with Crippen molar-refractivity contribution in [3.05, 3.63) is 46.4 Å². The Morgan fingerprint density at radius 3 is 3.00 bits per heavy atom. The molecular weight excluding hydrogens is 286 g/mol. The number of nitrogens with two attached hydrogens (primary N) is 1. The lowest BCUT2D eigenvalue weighted by molar-refractivity contribution is 0.0953. The zero-order valence-corrected chi connectivity index (χ0v) is 12.6. The summed E-state index contributed by atoms with van der Waals surface area (Å²) in [5.41, 5.74) is 8.60. The third-order valence-electron chi connectivity index (χ3n) is 3.37. The van der Waals surface area contributed by atoms with Crippen molar-refractivity contribution < 1.29 is 9.21 Å². The van der Waals surface area contributed by atoms with Crippen LogP contribution in [-0.2, 0) is 6.54 Å². The number of thiophene rings is 1. The van der Waals surface area contributed by atoms with Crippen LogP contribution in [0, 0.1) is 13.8 Å². The van der Waals surface area contributed by atoms with E-state index in [9.17, 15) is 4.79 Å². The molecule has 0 aliphatic rings. The minimum Gasteiger partial charge on any atom is -0.467 e. The molecule has 0 fully saturated rings. The molecule has 3 N–H and O–H groups in total. The predicted octanol–water partition coefficient (Wildman–Crippen LogP) is 3.02. The molecule has 0 saturated carbocycles. The molecule has 21 heavy (non-hydrogen) atoms. The standard InChI is InChI=1S/C15H15N3O2S/c1-8-6-11-12(16)13(21-15(11)18-9(8)2)14(19)17-7-10-4-3-5-20-10/h3-6H,7,16H2,1-2H3,(H,17,19). The number of aryl methyl sites for hydroxylation is 2. The molecule has 0 saturated heterocycles. The molecule has 0 bridgehead atoms. The van der Waals surface area contributed by atoms with E-state index in [4.69, 9.17) is 10.2 Å². The molecule has 0 radical (unpaired) electrons. The maximum Gasteiger partial charge on any atom is 0.263 e. The summed E-state index contributed by atoms with van der Waals surface area (Å²) in [6.07, 6.45) is 1.57. The molecule has 3 rings (SSSR count). The first-order valence-electron chi connectivity index (χ1n) is 6.53. The minimum atomic E-state index is -0.206. The lowest BCUT2D eigenvalue weighted by Crippen LogP contribution is -2.22. The number of carbonyl (C=O) groups excluding carboxylic acids is 1. The van der Waals surface area contributed by atoms with Crippen LogP contribution in [0.1, 0.15) is 26.7 Å². The quantitative estimate of drug-likeness (QED) is 0.779. The van der Waals surface area contributed by atoms with E-state index in [-0.39, 0.29) is 5.91 Å². The fourth-order valence-corrected chi connectivity index (χ4v) is 3.10. The Kier molecular flexibility index (Phi) is 3.39. The van der Waals surface area contributed by atoms with Crippen molar-refractivity contribution in [3.8, 4) is 0 Å². The smallest absolute Gasteiger partial charge is 0.263 e. The van der Waals surface area contributed by atoms with Gasteiger partial charge in [-0.05, 0) is 37.6 Å². The van der Waals surface area contributed by atoms with Crippen molar-refractivity contribution in [1.29, 1.82) is 0 Å². The van der Waals surface area contributed by atoms with E-state index in [0.29, 0.717) is 22.9 Å². The topological polar surface area (TPSA) is 81.2 Å². The minimum absolute atomic E-state index is 0.206. The summed E-state index contributed by atoms with van der Waals surface area (Å²) in [6.45, 7) is 4.27. The molecular formula is C15H15N3O2S. The van der Waals surface area contributed by atoms with Crippen molar-refractivity contribution in [3.63, 3.8) is 0 Å². The van der Waals surface area contributed by atoms with Gasteiger partial charge in [0.15, 0.2) is 0 Å². The van der Waals surface area contributed by atoms with Gasteiger partial charge in [-0.25, -0.2) is 4.98 Å². The first-order valence-corrected chi connectivity index (χ1v) is 7.34. The number of pyridine rings is 1. The van der Waals surface area contributed by atoms with Crippen LogP contribution in [0.4, 0.5) is 5.69 Å². The van der Waals surface area contributed by atoms with Gasteiger partial charge in [-0.1, -0.05) is 0 Å². The number of rotatable bonds is 3. The van der Waals surface area contributed by atoms with Crippen LogP contribution in [0.2, 0.25) is 0 Å². The summed E-state index contributed by atoms with van der Waals surface area (Å²) >= 11 is 1.31. The second kappa shape index (κ2) is 5.21. The number of nitrogens with zero attached hydrogens (tertiary/aromatic N) is 1. The van der Waals surface area contributed by atoms with Crippen LogP contribution in [0.3, 0.4) is 0 Å². The fraction of sp³-hybridized carbons (Fsp3) is 0.200. The highest BCUT2D eigenvalue weighted by Gasteiger charge is 2.18. The molecule has 0 aromatic carbocycles. The van der Waals surface area contributed by atoms with Crippen LogP contribution in [0.5, 0.6) is 0 Å². The summed E-state index contributed by atoms with van der Waals surface area (Å²) in [5, 5.41) is 3.64. The van der Waals surface area contributed by atoms with E-state index in [0.717, 1.165) is 21.5 Å². The SMILES string of the molecule is Cc1cc2c(N)c(C(=O)NCc3ccco3)sc2nc1C. The summed E-state index contributed by atoms with van der Waals surface area (Å²) < 4.78 is 5.19.